The lowest BCUT2D eigenvalue weighted by Crippen LogP contribution is -2.55. The van der Waals surface area contributed by atoms with Crippen LogP contribution in [0.3, 0.4) is 0 Å². The first kappa shape index (κ1) is 14.4. The Balaban J connectivity index is 2.29. The first-order chi connectivity index (χ1) is 9.04. The van der Waals surface area contributed by atoms with E-state index in [1.54, 1.807) is 0 Å². The summed E-state index contributed by atoms with van der Waals surface area (Å²) in [6.07, 6.45) is 2.44. The average Bonchev–Trinajstić information content (AvgIpc) is 2.34. The Kier molecular flexibility index (Phi) is 4.51. The third-order valence-corrected chi connectivity index (χ3v) is 4.60. The van der Waals surface area contributed by atoms with E-state index in [4.69, 9.17) is 5.73 Å². The molecule has 0 aliphatic heterocycles. The van der Waals surface area contributed by atoms with Crippen LogP contribution in [0.1, 0.15) is 39.2 Å². The molecule has 1 aliphatic rings. The number of hydrogen-bond donors (Lipinski definition) is 1. The largest absolute Gasteiger partial charge is 0.367 e. The van der Waals surface area contributed by atoms with Crippen molar-refractivity contribution >= 4 is 5.69 Å². The van der Waals surface area contributed by atoms with Crippen molar-refractivity contribution in [1.29, 1.82) is 0 Å². The van der Waals surface area contributed by atoms with Gasteiger partial charge in [-0.3, -0.25) is 0 Å². The molecule has 1 saturated carbocycles. The summed E-state index contributed by atoms with van der Waals surface area (Å²) in [5.74, 6) is 1.43. The van der Waals surface area contributed by atoms with Gasteiger partial charge in [0.25, 0.3) is 0 Å². The van der Waals surface area contributed by atoms with E-state index in [1.165, 1.54) is 17.7 Å². The molecular formula is C17H28N2. The molecule has 0 radical (unpaired) electrons. The highest BCUT2D eigenvalue weighted by molar-refractivity contribution is 5.54. The number of hydrogen-bond acceptors (Lipinski definition) is 2. The van der Waals surface area contributed by atoms with E-state index in [-0.39, 0.29) is 0 Å². The fourth-order valence-electron chi connectivity index (χ4n) is 3.86. The number of aryl methyl sites for hydroxylation is 1. The number of rotatable bonds is 3. The molecule has 0 heterocycles. The molecule has 2 N–H and O–H groups in total. The fourth-order valence-corrected chi connectivity index (χ4v) is 3.86. The van der Waals surface area contributed by atoms with Crippen molar-refractivity contribution in [2.24, 2.45) is 17.6 Å². The Morgan fingerprint density at radius 1 is 1.21 bits per heavy atom. The van der Waals surface area contributed by atoms with Gasteiger partial charge in [0.2, 0.25) is 0 Å². The number of para-hydroxylation sites is 1. The minimum atomic E-state index is 0.290. The normalized spacial score (nSPS) is 31.2. The van der Waals surface area contributed by atoms with Crippen LogP contribution in [0.5, 0.6) is 0 Å². The van der Waals surface area contributed by atoms with Crippen molar-refractivity contribution in [2.75, 3.05) is 11.4 Å². The highest BCUT2D eigenvalue weighted by atomic mass is 15.2. The highest BCUT2D eigenvalue weighted by Gasteiger charge is 2.35. The van der Waals surface area contributed by atoms with Crippen LogP contribution in [0, 0.1) is 18.8 Å². The summed E-state index contributed by atoms with van der Waals surface area (Å²) < 4.78 is 0. The zero-order valence-electron chi connectivity index (χ0n) is 12.8. The lowest BCUT2D eigenvalue weighted by atomic mass is 9.76. The van der Waals surface area contributed by atoms with Crippen molar-refractivity contribution in [2.45, 2.75) is 52.6 Å². The minimum absolute atomic E-state index is 0.290. The Labute approximate surface area is 118 Å². The average molecular weight is 260 g/mol. The van der Waals surface area contributed by atoms with Gasteiger partial charge in [0.05, 0.1) is 0 Å². The van der Waals surface area contributed by atoms with Crippen molar-refractivity contribution in [3.63, 3.8) is 0 Å². The van der Waals surface area contributed by atoms with Crippen molar-refractivity contribution in [1.82, 2.24) is 0 Å². The minimum Gasteiger partial charge on any atom is -0.367 e. The SMILES string of the molecule is CCN(c1ccccc1C)C1C(C)CC(C)CC1N. The predicted molar refractivity (Wildman–Crippen MR) is 83.5 cm³/mol. The van der Waals surface area contributed by atoms with Gasteiger partial charge in [0.15, 0.2) is 0 Å². The number of likely N-dealkylation sites (N-methyl/N-ethyl adjacent to an activating group) is 1. The Bertz CT molecular complexity index is 403. The maximum atomic E-state index is 6.48. The summed E-state index contributed by atoms with van der Waals surface area (Å²) in [6, 6.07) is 9.43. The number of nitrogens with two attached hydrogens (primary N) is 1. The molecule has 4 atom stereocenters. The molecule has 1 fully saturated rings. The van der Waals surface area contributed by atoms with E-state index < -0.39 is 0 Å². The summed E-state index contributed by atoms with van der Waals surface area (Å²) in [6.45, 7) is 10.2. The molecule has 2 nitrogen and oxygen atoms in total. The van der Waals surface area contributed by atoms with E-state index in [0.717, 1.165) is 18.9 Å². The van der Waals surface area contributed by atoms with Crippen LogP contribution >= 0.6 is 0 Å². The number of nitrogens with zero attached hydrogens (tertiary/aromatic N) is 1. The molecule has 2 rings (SSSR count). The summed E-state index contributed by atoms with van der Waals surface area (Å²) in [7, 11) is 0. The summed E-state index contributed by atoms with van der Waals surface area (Å²) in [5, 5.41) is 0. The summed E-state index contributed by atoms with van der Waals surface area (Å²) in [5.41, 5.74) is 9.19. The van der Waals surface area contributed by atoms with E-state index in [0.29, 0.717) is 18.0 Å². The zero-order chi connectivity index (χ0) is 14.0. The third kappa shape index (κ3) is 2.94. The molecule has 1 aliphatic carbocycles. The van der Waals surface area contributed by atoms with Gasteiger partial charge in [-0.2, -0.15) is 0 Å². The highest BCUT2D eigenvalue weighted by Crippen LogP contribution is 2.34. The summed E-state index contributed by atoms with van der Waals surface area (Å²) >= 11 is 0. The van der Waals surface area contributed by atoms with Crippen LogP contribution in [-0.2, 0) is 0 Å². The lowest BCUT2D eigenvalue weighted by molar-refractivity contribution is 0.223. The Morgan fingerprint density at radius 2 is 1.89 bits per heavy atom. The van der Waals surface area contributed by atoms with Crippen molar-refractivity contribution in [3.05, 3.63) is 29.8 Å². The Hall–Kier alpha value is -1.02. The molecule has 1 aromatic carbocycles. The molecular weight excluding hydrogens is 232 g/mol. The van der Waals surface area contributed by atoms with Gasteiger partial charge in [-0.1, -0.05) is 32.0 Å². The molecule has 106 valence electrons. The molecule has 0 aromatic heterocycles. The van der Waals surface area contributed by atoms with Crippen molar-refractivity contribution < 1.29 is 0 Å². The lowest BCUT2D eigenvalue weighted by Gasteiger charge is -2.45. The summed E-state index contributed by atoms with van der Waals surface area (Å²) in [4.78, 5) is 2.52. The fraction of sp³-hybridized carbons (Fsp3) is 0.647. The van der Waals surface area contributed by atoms with Gasteiger partial charge in [0, 0.05) is 24.3 Å². The molecule has 0 bridgehead atoms. The predicted octanol–water partition coefficient (Wildman–Crippen LogP) is 3.58. The van der Waals surface area contributed by atoms with Crippen LogP contribution in [0.15, 0.2) is 24.3 Å². The number of anilines is 1. The standard InChI is InChI=1S/C17H28N2/c1-5-19(16-9-7-6-8-13(16)3)17-14(4)10-12(2)11-15(17)18/h6-9,12,14-15,17H,5,10-11,18H2,1-4H3. The second-order valence-corrected chi connectivity index (χ2v) is 6.28. The van der Waals surface area contributed by atoms with Crippen LogP contribution < -0.4 is 10.6 Å². The second-order valence-electron chi connectivity index (χ2n) is 6.28. The molecule has 2 heteroatoms. The molecule has 0 amide bonds. The maximum Gasteiger partial charge on any atom is 0.0466 e. The van der Waals surface area contributed by atoms with Crippen LogP contribution in [0.2, 0.25) is 0 Å². The van der Waals surface area contributed by atoms with Gasteiger partial charge < -0.3 is 10.6 Å². The molecule has 19 heavy (non-hydrogen) atoms. The molecule has 0 spiro atoms. The van der Waals surface area contributed by atoms with E-state index in [1.807, 2.05) is 0 Å². The topological polar surface area (TPSA) is 29.3 Å². The first-order valence-corrected chi connectivity index (χ1v) is 7.62. The second kappa shape index (κ2) is 5.96. The van der Waals surface area contributed by atoms with E-state index in [9.17, 15) is 0 Å². The molecule has 1 aromatic rings. The first-order valence-electron chi connectivity index (χ1n) is 7.62. The van der Waals surface area contributed by atoms with Gasteiger partial charge in [0.1, 0.15) is 0 Å². The van der Waals surface area contributed by atoms with Gasteiger partial charge in [-0.25, -0.2) is 0 Å². The van der Waals surface area contributed by atoms with E-state index >= 15 is 0 Å². The van der Waals surface area contributed by atoms with E-state index in [2.05, 4.69) is 56.9 Å². The zero-order valence-corrected chi connectivity index (χ0v) is 12.8. The van der Waals surface area contributed by atoms with Crippen molar-refractivity contribution in [3.8, 4) is 0 Å². The Morgan fingerprint density at radius 3 is 2.47 bits per heavy atom. The monoisotopic (exact) mass is 260 g/mol. The van der Waals surface area contributed by atoms with Crippen LogP contribution in [-0.4, -0.2) is 18.6 Å². The van der Waals surface area contributed by atoms with Gasteiger partial charge >= 0.3 is 0 Å². The number of benzene rings is 1. The van der Waals surface area contributed by atoms with Gasteiger partial charge in [-0.05, 0) is 50.2 Å². The quantitative estimate of drug-likeness (QED) is 0.900. The van der Waals surface area contributed by atoms with Gasteiger partial charge in [-0.15, -0.1) is 0 Å². The molecule has 4 unspecified atom stereocenters. The third-order valence-electron chi connectivity index (χ3n) is 4.60. The maximum absolute atomic E-state index is 6.48. The smallest absolute Gasteiger partial charge is 0.0466 e. The van der Waals surface area contributed by atoms with Crippen LogP contribution in [0.4, 0.5) is 5.69 Å². The molecule has 0 saturated heterocycles. The van der Waals surface area contributed by atoms with Crippen LogP contribution in [0.25, 0.3) is 0 Å².